The number of fused-ring (bicyclic) bond motifs is 1. The van der Waals surface area contributed by atoms with Crippen LogP contribution in [0.4, 0.5) is 0 Å². The molecule has 12 nitrogen and oxygen atoms in total. The normalized spacial score (nSPS) is 30.4. The van der Waals surface area contributed by atoms with E-state index in [0.717, 1.165) is 44.2 Å². The molecule has 0 aromatic heterocycles. The molecule has 3 aliphatic rings. The molecule has 2 heterocycles. The smallest absolute Gasteiger partial charge is 0.335 e. The first kappa shape index (κ1) is 33.4. The highest BCUT2D eigenvalue weighted by atomic mass is 16.7. The Morgan fingerprint density at radius 1 is 1.13 bits per heavy atom. The van der Waals surface area contributed by atoms with E-state index in [4.69, 9.17) is 14.2 Å². The van der Waals surface area contributed by atoms with E-state index >= 15 is 0 Å². The van der Waals surface area contributed by atoms with Gasteiger partial charge < -0.3 is 50.0 Å². The van der Waals surface area contributed by atoms with E-state index in [2.05, 4.69) is 6.92 Å². The predicted molar refractivity (Wildman–Crippen MR) is 161 cm³/mol. The third-order valence-corrected chi connectivity index (χ3v) is 10.6. The van der Waals surface area contributed by atoms with Crippen molar-refractivity contribution < 1.29 is 59.5 Å². The van der Waals surface area contributed by atoms with Crippen molar-refractivity contribution in [1.29, 1.82) is 0 Å². The maximum Gasteiger partial charge on any atom is 0.335 e. The monoisotopic (exact) mass is 632 g/mol. The van der Waals surface area contributed by atoms with Gasteiger partial charge >= 0.3 is 5.97 Å². The number of carboxylic acid groups (broad SMARTS) is 1. The Labute approximate surface area is 261 Å². The van der Waals surface area contributed by atoms with Crippen LogP contribution in [0, 0.1) is 24.2 Å². The van der Waals surface area contributed by atoms with Crippen LogP contribution >= 0.6 is 0 Å². The number of aromatic hydroxyl groups is 2. The van der Waals surface area contributed by atoms with E-state index in [-0.39, 0.29) is 51.0 Å². The first-order valence-electron chi connectivity index (χ1n) is 15.6. The minimum Gasteiger partial charge on any atom is -0.507 e. The highest BCUT2D eigenvalue weighted by Gasteiger charge is 2.56. The second-order valence-electron chi connectivity index (χ2n) is 13.2. The van der Waals surface area contributed by atoms with Crippen LogP contribution in [0.5, 0.6) is 17.2 Å². The van der Waals surface area contributed by atoms with Gasteiger partial charge in [-0.15, -0.1) is 0 Å². The Hall–Kier alpha value is -3.00. The summed E-state index contributed by atoms with van der Waals surface area (Å²) in [6.07, 6.45) is -0.928. The average Bonchev–Trinajstić information content (AvgIpc) is 3.47. The van der Waals surface area contributed by atoms with Crippen molar-refractivity contribution >= 4 is 22.5 Å². The SMILES string of the molecule is CC(=O)c1c(C)c(O)c2cc(C(=O)O)cc(O[C@H]3O[C@H](CO)[C@](O)(CC[C@@H](C)[C@@H]4CCOCC45CCCC5)[C@H](O)[C@H]3O)c2c1O. The number of aromatic carboxylic acids is 1. The Balaban J connectivity index is 1.42. The average molecular weight is 633 g/mol. The van der Waals surface area contributed by atoms with Crippen LogP contribution in [0.2, 0.25) is 0 Å². The molecule has 248 valence electrons. The summed E-state index contributed by atoms with van der Waals surface area (Å²) in [5, 5.41) is 75.6. The first-order valence-corrected chi connectivity index (χ1v) is 15.6. The maximum absolute atomic E-state index is 12.3. The highest BCUT2D eigenvalue weighted by molar-refractivity contribution is 6.11. The van der Waals surface area contributed by atoms with Crippen LogP contribution in [-0.2, 0) is 9.47 Å². The lowest BCUT2D eigenvalue weighted by Crippen LogP contribution is -2.68. The van der Waals surface area contributed by atoms with Gasteiger partial charge in [0.05, 0.1) is 29.7 Å². The van der Waals surface area contributed by atoms with Crippen LogP contribution in [-0.4, -0.2) is 97.5 Å². The lowest BCUT2D eigenvalue weighted by Gasteiger charge is -2.49. The standard InChI is InChI=1S/C33H44O12/c1-16(21-7-11-43-15-32(21)8-4-5-9-32)6-10-33(42)23(14-34)45-31(28(38)29(33)39)44-22-13-19(30(40)41)12-20-25(22)27(37)24(18(3)35)17(2)26(20)36/h12-13,16,21,23,28-29,31,34,36-39,42H,4-11,14-15H2,1-3H3,(H,40,41)/t16-,21+,23-,28-,29-,31+,33-/m1/s1. The molecular formula is C33H44O12. The second-order valence-corrected chi connectivity index (χ2v) is 13.2. The zero-order valence-electron chi connectivity index (χ0n) is 25.9. The fraction of sp³-hybridized carbons (Fsp3) is 0.636. The molecule has 2 saturated heterocycles. The van der Waals surface area contributed by atoms with Crippen molar-refractivity contribution in [2.75, 3.05) is 19.8 Å². The second kappa shape index (κ2) is 12.7. The lowest BCUT2D eigenvalue weighted by atomic mass is 9.65. The van der Waals surface area contributed by atoms with Gasteiger partial charge in [0, 0.05) is 17.6 Å². The van der Waals surface area contributed by atoms with Crippen molar-refractivity contribution in [3.05, 3.63) is 28.8 Å². The quantitative estimate of drug-likeness (QED) is 0.158. The molecule has 45 heavy (non-hydrogen) atoms. The molecule has 1 aliphatic carbocycles. The molecule has 2 aromatic carbocycles. The number of phenols is 2. The van der Waals surface area contributed by atoms with Crippen molar-refractivity contribution in [2.45, 2.75) is 95.9 Å². The van der Waals surface area contributed by atoms with Crippen molar-refractivity contribution in [3.63, 3.8) is 0 Å². The van der Waals surface area contributed by atoms with Gasteiger partial charge in [0.1, 0.15) is 41.2 Å². The summed E-state index contributed by atoms with van der Waals surface area (Å²) in [7, 11) is 0. The van der Waals surface area contributed by atoms with Gasteiger partial charge in [0.25, 0.3) is 0 Å². The Kier molecular flexibility index (Phi) is 9.38. The van der Waals surface area contributed by atoms with Gasteiger partial charge in [-0.05, 0) is 75.3 Å². The van der Waals surface area contributed by atoms with Crippen molar-refractivity contribution in [1.82, 2.24) is 0 Å². The van der Waals surface area contributed by atoms with Gasteiger partial charge in [-0.1, -0.05) is 19.8 Å². The first-order chi connectivity index (χ1) is 21.3. The summed E-state index contributed by atoms with van der Waals surface area (Å²) in [6.45, 7) is 5.35. The van der Waals surface area contributed by atoms with E-state index in [1.165, 1.54) is 13.8 Å². The lowest BCUT2D eigenvalue weighted by molar-refractivity contribution is -0.315. The summed E-state index contributed by atoms with van der Waals surface area (Å²) >= 11 is 0. The number of benzene rings is 2. The molecule has 5 rings (SSSR count). The molecule has 0 bridgehead atoms. The number of carboxylic acids is 1. The van der Waals surface area contributed by atoms with Crippen LogP contribution in [0.15, 0.2) is 12.1 Å². The Morgan fingerprint density at radius 3 is 2.44 bits per heavy atom. The molecule has 3 fully saturated rings. The molecule has 0 radical (unpaired) electrons. The number of rotatable bonds is 9. The van der Waals surface area contributed by atoms with E-state index < -0.39 is 60.1 Å². The number of ether oxygens (including phenoxy) is 3. The van der Waals surface area contributed by atoms with E-state index in [1.54, 1.807) is 0 Å². The summed E-state index contributed by atoms with van der Waals surface area (Å²) in [5.74, 6) is -2.83. The summed E-state index contributed by atoms with van der Waals surface area (Å²) in [4.78, 5) is 24.2. The molecule has 7 N–H and O–H groups in total. The number of phenolic OH excluding ortho intramolecular Hbond substituents is 2. The number of carbonyl (C=O) groups excluding carboxylic acids is 1. The molecule has 2 aromatic rings. The number of hydrogen-bond donors (Lipinski definition) is 7. The van der Waals surface area contributed by atoms with Gasteiger partial charge in [0.2, 0.25) is 6.29 Å². The summed E-state index contributed by atoms with van der Waals surface area (Å²) in [5.41, 5.74) is -2.46. The van der Waals surface area contributed by atoms with E-state index in [9.17, 15) is 45.3 Å². The predicted octanol–water partition coefficient (Wildman–Crippen LogP) is 3.02. The molecule has 0 unspecified atom stereocenters. The van der Waals surface area contributed by atoms with E-state index in [1.807, 2.05) is 0 Å². The summed E-state index contributed by atoms with van der Waals surface area (Å²) < 4.78 is 17.5. The van der Waals surface area contributed by atoms with Gasteiger partial charge in [0.15, 0.2) is 5.78 Å². The number of Topliss-reactive ketones (excluding diaryl/α,β-unsaturated/α-hetero) is 1. The largest absolute Gasteiger partial charge is 0.507 e. The van der Waals surface area contributed by atoms with Crippen LogP contribution in [0.25, 0.3) is 10.8 Å². The Bertz CT molecular complexity index is 1450. The molecule has 7 atom stereocenters. The third-order valence-electron chi connectivity index (χ3n) is 10.6. The molecule has 2 aliphatic heterocycles. The summed E-state index contributed by atoms with van der Waals surface area (Å²) in [6, 6.07) is 2.13. The number of carbonyl (C=O) groups is 2. The molecular weight excluding hydrogens is 588 g/mol. The van der Waals surface area contributed by atoms with Gasteiger partial charge in [-0.2, -0.15) is 0 Å². The van der Waals surface area contributed by atoms with Crippen LogP contribution in [0.1, 0.15) is 85.1 Å². The van der Waals surface area contributed by atoms with Crippen molar-refractivity contribution in [2.24, 2.45) is 17.3 Å². The van der Waals surface area contributed by atoms with E-state index in [0.29, 0.717) is 25.6 Å². The van der Waals surface area contributed by atoms with Gasteiger partial charge in [-0.25, -0.2) is 4.79 Å². The molecule has 1 saturated carbocycles. The molecule has 0 amide bonds. The zero-order valence-corrected chi connectivity index (χ0v) is 25.9. The molecule has 12 heteroatoms. The number of aliphatic hydroxyl groups is 4. The number of ketones is 1. The maximum atomic E-state index is 12.3. The fourth-order valence-corrected chi connectivity index (χ4v) is 8.09. The Morgan fingerprint density at radius 2 is 1.82 bits per heavy atom. The number of hydrogen-bond acceptors (Lipinski definition) is 11. The van der Waals surface area contributed by atoms with Gasteiger partial charge in [-0.3, -0.25) is 4.79 Å². The minimum absolute atomic E-state index is 0.0190. The topological polar surface area (TPSA) is 203 Å². The molecule has 1 spiro atoms. The third kappa shape index (κ3) is 5.77. The number of aliphatic hydroxyl groups excluding tert-OH is 3. The van der Waals surface area contributed by atoms with Crippen LogP contribution in [0.3, 0.4) is 0 Å². The van der Waals surface area contributed by atoms with Crippen molar-refractivity contribution in [3.8, 4) is 17.2 Å². The highest BCUT2D eigenvalue weighted by Crippen LogP contribution is 2.52. The van der Waals surface area contributed by atoms with Crippen LogP contribution < -0.4 is 4.74 Å². The zero-order chi connectivity index (χ0) is 32.8. The fourth-order valence-electron chi connectivity index (χ4n) is 8.09. The minimum atomic E-state index is -2.04.